The van der Waals surface area contributed by atoms with Gasteiger partial charge in [0.05, 0.1) is 4.91 Å². The normalized spacial score (nSPS) is 22.5. The van der Waals surface area contributed by atoms with Gasteiger partial charge in [-0.05, 0) is 49.6 Å². The van der Waals surface area contributed by atoms with Crippen LogP contribution in [-0.2, 0) is 9.59 Å². The first kappa shape index (κ1) is 19.6. The summed E-state index contributed by atoms with van der Waals surface area (Å²) < 4.78 is 0.592. The summed E-state index contributed by atoms with van der Waals surface area (Å²) >= 11 is 8.32. The highest BCUT2D eigenvalue weighted by Gasteiger charge is 2.32. The molecule has 140 valence electrons. The Labute approximate surface area is 168 Å². The zero-order valence-electron chi connectivity index (χ0n) is 15.0. The maximum absolute atomic E-state index is 12.6. The highest BCUT2D eigenvalue weighted by Crippen LogP contribution is 2.33. The summed E-state index contributed by atoms with van der Waals surface area (Å²) in [5.74, 6) is 0.182. The van der Waals surface area contributed by atoms with Crippen LogP contribution >= 0.6 is 35.3 Å². The lowest BCUT2D eigenvalue weighted by molar-refractivity contribution is -0.135. The molecule has 3 rings (SSSR count). The zero-order chi connectivity index (χ0) is 18.5. The van der Waals surface area contributed by atoms with Gasteiger partial charge in [-0.1, -0.05) is 37.0 Å². The standard InChI is InChI=1S/C19H24N2O2S3/c1-2-14-7-3-4-10-20(14)17(22)9-5-11-21-18(23)16(26-19(21)24)13-15-8-6-12-25-15/h6,8,12-14H,2-5,7,9-11H2,1H3/b16-13+/t14-/m0/s1. The van der Waals surface area contributed by atoms with Crippen molar-refractivity contribution in [2.24, 2.45) is 0 Å². The molecule has 0 unspecified atom stereocenters. The Kier molecular flexibility index (Phi) is 6.89. The maximum atomic E-state index is 12.6. The molecular weight excluding hydrogens is 384 g/mol. The first-order chi connectivity index (χ1) is 12.6. The second kappa shape index (κ2) is 9.15. The molecule has 2 aliphatic heterocycles. The molecule has 2 saturated heterocycles. The van der Waals surface area contributed by atoms with Gasteiger partial charge in [0.1, 0.15) is 4.32 Å². The molecule has 7 heteroatoms. The van der Waals surface area contributed by atoms with Crippen LogP contribution < -0.4 is 0 Å². The lowest BCUT2D eigenvalue weighted by atomic mass is 9.99. The number of amides is 2. The first-order valence-corrected chi connectivity index (χ1v) is 11.3. The topological polar surface area (TPSA) is 40.6 Å². The van der Waals surface area contributed by atoms with Crippen molar-refractivity contribution in [1.82, 2.24) is 9.80 Å². The number of piperidine rings is 1. The minimum atomic E-state index is -0.0368. The molecule has 0 spiro atoms. The minimum absolute atomic E-state index is 0.0368. The summed E-state index contributed by atoms with van der Waals surface area (Å²) in [4.78, 5) is 30.5. The molecule has 3 heterocycles. The van der Waals surface area contributed by atoms with Gasteiger partial charge in [-0.2, -0.15) is 0 Å². The summed E-state index contributed by atoms with van der Waals surface area (Å²) in [6, 6.07) is 4.34. The molecule has 1 aromatic heterocycles. The Bertz CT molecular complexity index is 700. The number of hydrogen-bond acceptors (Lipinski definition) is 5. The van der Waals surface area contributed by atoms with E-state index in [1.54, 1.807) is 16.2 Å². The molecule has 1 atom stereocenters. The van der Waals surface area contributed by atoms with E-state index >= 15 is 0 Å². The molecule has 2 fully saturated rings. The Hall–Kier alpha value is -1.18. The number of thiophene rings is 1. The predicted octanol–water partition coefficient (Wildman–Crippen LogP) is 4.52. The highest BCUT2D eigenvalue weighted by atomic mass is 32.2. The average Bonchev–Trinajstić information content (AvgIpc) is 3.25. The van der Waals surface area contributed by atoms with Gasteiger partial charge in [0.15, 0.2) is 0 Å². The molecule has 0 radical (unpaired) electrons. The largest absolute Gasteiger partial charge is 0.340 e. The van der Waals surface area contributed by atoms with Crippen molar-refractivity contribution < 1.29 is 9.59 Å². The molecule has 0 N–H and O–H groups in total. The second-order valence-electron chi connectivity index (χ2n) is 6.60. The van der Waals surface area contributed by atoms with Crippen LogP contribution in [0.5, 0.6) is 0 Å². The van der Waals surface area contributed by atoms with E-state index in [1.807, 2.05) is 28.5 Å². The SMILES string of the molecule is CC[C@H]1CCCCN1C(=O)CCCN1C(=O)/C(=C\c2cccs2)SC1=S. The molecular formula is C19H24N2O2S3. The Morgan fingerprint density at radius 3 is 3.00 bits per heavy atom. The lowest BCUT2D eigenvalue weighted by Crippen LogP contribution is -2.43. The summed E-state index contributed by atoms with van der Waals surface area (Å²) in [6.07, 6.45) is 7.50. The van der Waals surface area contributed by atoms with Gasteiger partial charge in [0.25, 0.3) is 5.91 Å². The molecule has 2 aliphatic rings. The smallest absolute Gasteiger partial charge is 0.266 e. The van der Waals surface area contributed by atoms with Crippen molar-refractivity contribution in [3.05, 3.63) is 27.3 Å². The van der Waals surface area contributed by atoms with Crippen LogP contribution in [0.1, 0.15) is 50.3 Å². The Morgan fingerprint density at radius 1 is 1.42 bits per heavy atom. The number of carbonyl (C=O) groups is 2. The number of hydrogen-bond donors (Lipinski definition) is 0. The van der Waals surface area contributed by atoms with Crippen LogP contribution in [-0.4, -0.2) is 45.1 Å². The quantitative estimate of drug-likeness (QED) is 0.513. The van der Waals surface area contributed by atoms with Crippen LogP contribution in [0.15, 0.2) is 22.4 Å². The Balaban J connectivity index is 1.52. The number of rotatable bonds is 6. The molecule has 0 saturated carbocycles. The Morgan fingerprint density at radius 2 is 2.27 bits per heavy atom. The van der Waals surface area contributed by atoms with Gasteiger partial charge in [0.2, 0.25) is 5.91 Å². The van der Waals surface area contributed by atoms with Crippen LogP contribution in [0.2, 0.25) is 0 Å². The van der Waals surface area contributed by atoms with E-state index in [0.29, 0.717) is 34.7 Å². The number of nitrogens with zero attached hydrogens (tertiary/aromatic N) is 2. The molecule has 0 aliphatic carbocycles. The molecule has 2 amide bonds. The van der Waals surface area contributed by atoms with Gasteiger partial charge >= 0.3 is 0 Å². The van der Waals surface area contributed by atoms with Crippen molar-refractivity contribution in [1.29, 1.82) is 0 Å². The summed E-state index contributed by atoms with van der Waals surface area (Å²) in [7, 11) is 0. The molecule has 4 nitrogen and oxygen atoms in total. The molecule has 0 aromatic carbocycles. The third-order valence-corrected chi connectivity index (χ3v) is 7.08. The van der Waals surface area contributed by atoms with Gasteiger partial charge in [0, 0.05) is 30.4 Å². The van der Waals surface area contributed by atoms with Gasteiger partial charge < -0.3 is 4.90 Å². The molecule has 0 bridgehead atoms. The van der Waals surface area contributed by atoms with E-state index in [-0.39, 0.29) is 11.8 Å². The third-order valence-electron chi connectivity index (χ3n) is 4.88. The first-order valence-electron chi connectivity index (χ1n) is 9.18. The number of thioether (sulfide) groups is 1. The van der Waals surface area contributed by atoms with Crippen LogP contribution in [0, 0.1) is 0 Å². The van der Waals surface area contributed by atoms with Crippen molar-refractivity contribution >= 4 is 57.5 Å². The van der Waals surface area contributed by atoms with E-state index < -0.39 is 0 Å². The van der Waals surface area contributed by atoms with E-state index in [0.717, 1.165) is 30.7 Å². The van der Waals surface area contributed by atoms with Crippen LogP contribution in [0.3, 0.4) is 0 Å². The van der Waals surface area contributed by atoms with E-state index in [2.05, 4.69) is 6.92 Å². The predicted molar refractivity (Wildman–Crippen MR) is 113 cm³/mol. The van der Waals surface area contributed by atoms with Gasteiger partial charge in [-0.25, -0.2) is 0 Å². The number of thiocarbonyl (C=S) groups is 1. The van der Waals surface area contributed by atoms with Gasteiger partial charge in [-0.3, -0.25) is 14.5 Å². The molecule has 1 aromatic rings. The number of carbonyl (C=O) groups excluding carboxylic acids is 2. The summed E-state index contributed by atoms with van der Waals surface area (Å²) in [5.41, 5.74) is 0. The fraction of sp³-hybridized carbons (Fsp3) is 0.526. The lowest BCUT2D eigenvalue weighted by Gasteiger charge is -2.35. The zero-order valence-corrected chi connectivity index (χ0v) is 17.4. The average molecular weight is 409 g/mol. The number of likely N-dealkylation sites (tertiary alicyclic amines) is 1. The fourth-order valence-electron chi connectivity index (χ4n) is 3.48. The van der Waals surface area contributed by atoms with Crippen molar-refractivity contribution in [3.8, 4) is 0 Å². The minimum Gasteiger partial charge on any atom is -0.340 e. The van der Waals surface area contributed by atoms with Crippen LogP contribution in [0.4, 0.5) is 0 Å². The fourth-order valence-corrected chi connectivity index (χ4v) is 5.51. The van der Waals surface area contributed by atoms with E-state index in [1.165, 1.54) is 18.2 Å². The van der Waals surface area contributed by atoms with Gasteiger partial charge in [-0.15, -0.1) is 11.3 Å². The summed E-state index contributed by atoms with van der Waals surface area (Å²) in [5, 5.41) is 1.99. The van der Waals surface area contributed by atoms with Crippen molar-refractivity contribution in [3.63, 3.8) is 0 Å². The maximum Gasteiger partial charge on any atom is 0.266 e. The highest BCUT2D eigenvalue weighted by molar-refractivity contribution is 8.26. The van der Waals surface area contributed by atoms with Crippen molar-refractivity contribution in [2.45, 2.75) is 51.5 Å². The third kappa shape index (κ3) is 4.56. The monoisotopic (exact) mass is 408 g/mol. The van der Waals surface area contributed by atoms with E-state index in [9.17, 15) is 9.59 Å². The molecule has 26 heavy (non-hydrogen) atoms. The second-order valence-corrected chi connectivity index (χ2v) is 9.25. The van der Waals surface area contributed by atoms with Crippen LogP contribution in [0.25, 0.3) is 6.08 Å². The van der Waals surface area contributed by atoms with Crippen molar-refractivity contribution in [2.75, 3.05) is 13.1 Å². The summed E-state index contributed by atoms with van der Waals surface area (Å²) in [6.45, 7) is 3.54. The van der Waals surface area contributed by atoms with E-state index in [4.69, 9.17) is 12.2 Å².